The summed E-state index contributed by atoms with van der Waals surface area (Å²) >= 11 is 0. The van der Waals surface area contributed by atoms with Crippen molar-refractivity contribution in [3.8, 4) is 11.5 Å². The molecule has 0 aromatic carbocycles. The Balaban J connectivity index is 0.00000156. The molecule has 1 fully saturated rings. The Kier molecular flexibility index (Phi) is 8.01. The van der Waals surface area contributed by atoms with Gasteiger partial charge >= 0.3 is 66.7 Å². The molecule has 0 saturated carbocycles. The Morgan fingerprint density at radius 3 is 2.60 bits per heavy atom. The Bertz CT molecular complexity index is 744. The molecule has 0 aromatic rings. The average Bonchev–Trinajstić information content (AvgIpc) is 3.06. The zero-order chi connectivity index (χ0) is 16.8. The van der Waals surface area contributed by atoms with Crippen molar-refractivity contribution in [2.45, 2.75) is 18.1 Å². The topological polar surface area (TPSA) is 186 Å². The number of fused-ring (bicyclic) bond motifs is 1. The summed E-state index contributed by atoms with van der Waals surface area (Å²) in [7, 11) is -4.58. The first-order chi connectivity index (χ1) is 10.7. The summed E-state index contributed by atoms with van der Waals surface area (Å²) in [5.41, 5.74) is 6.13. The van der Waals surface area contributed by atoms with E-state index in [-0.39, 0.29) is 83.1 Å². The SMILES string of the molecule is Nc1c2ncnc-2ncn1[C@]1(OCP(=O)(O)O)OC[C@@H](O)[C@H]1O.[NaH].[NaH]. The van der Waals surface area contributed by atoms with Crippen LogP contribution < -0.4 is 5.73 Å². The van der Waals surface area contributed by atoms with E-state index in [0.29, 0.717) is 0 Å². The van der Waals surface area contributed by atoms with Crippen molar-refractivity contribution in [1.29, 1.82) is 0 Å². The van der Waals surface area contributed by atoms with Gasteiger partial charge in [0.05, 0.1) is 6.61 Å². The van der Waals surface area contributed by atoms with E-state index in [2.05, 4.69) is 15.0 Å². The number of imidazole rings is 1. The molecule has 0 amide bonds. The van der Waals surface area contributed by atoms with Crippen LogP contribution in [0.1, 0.15) is 0 Å². The number of rotatable bonds is 4. The minimum absolute atomic E-state index is 0. The molecular weight excluding hydrogens is 379 g/mol. The normalized spacial score (nSPS) is 26.2. The van der Waals surface area contributed by atoms with Gasteiger partial charge < -0.3 is 35.2 Å². The predicted octanol–water partition coefficient (Wildman–Crippen LogP) is -3.42. The van der Waals surface area contributed by atoms with Crippen LogP contribution in [0, 0.1) is 0 Å². The first-order valence-corrected chi connectivity index (χ1v) is 8.17. The van der Waals surface area contributed by atoms with Gasteiger partial charge in [-0.3, -0.25) is 9.13 Å². The molecule has 3 aliphatic rings. The third-order valence-electron chi connectivity index (χ3n) is 3.35. The molecule has 0 aliphatic carbocycles. The number of hydrogen-bond donors (Lipinski definition) is 5. The Hall–Kier alpha value is 0.340. The van der Waals surface area contributed by atoms with Gasteiger partial charge in [-0.1, -0.05) is 0 Å². The fourth-order valence-corrected chi connectivity index (χ4v) is 2.64. The minimum atomic E-state index is -4.58. The van der Waals surface area contributed by atoms with Gasteiger partial charge in [0.2, 0.25) is 0 Å². The summed E-state index contributed by atoms with van der Waals surface area (Å²) < 4.78 is 22.5. The number of nitrogens with two attached hydrogens (primary N) is 1. The predicted molar refractivity (Wildman–Crippen MR) is 87.1 cm³/mol. The van der Waals surface area contributed by atoms with Gasteiger partial charge in [-0.25, -0.2) is 15.0 Å². The summed E-state index contributed by atoms with van der Waals surface area (Å²) in [6, 6.07) is 0. The molecule has 0 bridgehead atoms. The van der Waals surface area contributed by atoms with Gasteiger partial charge in [0.15, 0.2) is 18.3 Å². The molecule has 130 valence electrons. The van der Waals surface area contributed by atoms with Crippen molar-refractivity contribution in [3.05, 3.63) is 12.7 Å². The summed E-state index contributed by atoms with van der Waals surface area (Å²) in [6.45, 7) is -0.334. The van der Waals surface area contributed by atoms with E-state index in [0.717, 1.165) is 10.9 Å². The van der Waals surface area contributed by atoms with E-state index >= 15 is 0 Å². The fourth-order valence-electron chi connectivity index (χ4n) is 2.28. The van der Waals surface area contributed by atoms with Crippen molar-refractivity contribution in [1.82, 2.24) is 19.5 Å². The van der Waals surface area contributed by atoms with Crippen LogP contribution in [0.15, 0.2) is 12.7 Å². The summed E-state index contributed by atoms with van der Waals surface area (Å²) in [6.07, 6.45) is -1.73. The molecule has 1 saturated heterocycles. The molecular formula is C10H16N5Na2O7P. The summed E-state index contributed by atoms with van der Waals surface area (Å²) in [4.78, 5) is 29.7. The monoisotopic (exact) mass is 395 g/mol. The Morgan fingerprint density at radius 1 is 1.36 bits per heavy atom. The second-order valence-electron chi connectivity index (χ2n) is 4.94. The van der Waals surface area contributed by atoms with E-state index in [1.54, 1.807) is 0 Å². The zero-order valence-corrected chi connectivity index (χ0v) is 12.4. The van der Waals surface area contributed by atoms with Gasteiger partial charge in [-0.05, 0) is 0 Å². The molecule has 3 rings (SSSR count). The van der Waals surface area contributed by atoms with Gasteiger partial charge in [0.25, 0.3) is 5.91 Å². The Morgan fingerprint density at radius 2 is 2.04 bits per heavy atom. The molecule has 3 atom stereocenters. The number of nitrogen functional groups attached to an aromatic ring is 1. The van der Waals surface area contributed by atoms with Gasteiger partial charge in [0.1, 0.15) is 30.3 Å². The maximum absolute atomic E-state index is 11.1. The zero-order valence-electron chi connectivity index (χ0n) is 11.6. The van der Waals surface area contributed by atoms with Crippen LogP contribution in [-0.4, -0.2) is 124 Å². The van der Waals surface area contributed by atoms with Crippen molar-refractivity contribution < 1.29 is 34.0 Å². The molecule has 3 aliphatic heterocycles. The molecule has 0 radical (unpaired) electrons. The first-order valence-electron chi connectivity index (χ1n) is 6.37. The van der Waals surface area contributed by atoms with Crippen LogP contribution in [0.2, 0.25) is 0 Å². The van der Waals surface area contributed by atoms with Crippen LogP contribution in [0.3, 0.4) is 0 Å². The van der Waals surface area contributed by atoms with Crippen LogP contribution in [0.5, 0.6) is 0 Å². The van der Waals surface area contributed by atoms with E-state index in [1.165, 1.54) is 6.33 Å². The van der Waals surface area contributed by atoms with Gasteiger partial charge in [0, 0.05) is 0 Å². The molecule has 15 heteroatoms. The van der Waals surface area contributed by atoms with Crippen molar-refractivity contribution in [2.75, 3.05) is 18.7 Å². The third-order valence-corrected chi connectivity index (χ3v) is 3.82. The maximum atomic E-state index is 11.1. The van der Waals surface area contributed by atoms with E-state index in [1.807, 2.05) is 0 Å². The van der Waals surface area contributed by atoms with Gasteiger partial charge in [-0.15, -0.1) is 0 Å². The standard InChI is InChI=1S/C10H14N5O7P.2Na.2H/c11-8-6-9(13-2-12-6)14-3-15(8)10(22-4-23(18,19)20)7(17)5(16)1-21-10;;;;/h2-3,5,7,16-17H,1,4,11H2,(H2,18,19,20);;;;/t5-,7-,10+;;;;/m1..../s1. The molecule has 0 unspecified atom stereocenters. The molecule has 6 N–H and O–H groups in total. The molecule has 3 heterocycles. The number of aromatic nitrogens is 4. The number of nitrogens with zero attached hydrogens (tertiary/aromatic N) is 4. The van der Waals surface area contributed by atoms with Gasteiger partial charge in [-0.2, -0.15) is 0 Å². The van der Waals surface area contributed by atoms with Crippen LogP contribution in [-0.2, 0) is 19.9 Å². The van der Waals surface area contributed by atoms with Crippen molar-refractivity contribution >= 4 is 72.5 Å². The second-order valence-corrected chi connectivity index (χ2v) is 6.53. The summed E-state index contributed by atoms with van der Waals surface area (Å²) in [5, 5.41) is 19.9. The number of ether oxygens (including phenoxy) is 2. The molecule has 25 heavy (non-hydrogen) atoms. The fraction of sp³-hybridized carbons (Fsp3) is 0.500. The van der Waals surface area contributed by atoms with Crippen LogP contribution in [0.25, 0.3) is 11.5 Å². The average molecular weight is 395 g/mol. The molecule has 0 aromatic heterocycles. The van der Waals surface area contributed by atoms with Crippen molar-refractivity contribution in [3.63, 3.8) is 0 Å². The number of anilines is 1. The van der Waals surface area contributed by atoms with Crippen molar-refractivity contribution in [2.24, 2.45) is 0 Å². The first kappa shape index (κ1) is 23.4. The number of aliphatic hydroxyl groups excluding tert-OH is 2. The quantitative estimate of drug-likeness (QED) is 0.256. The number of aliphatic hydroxyl groups is 2. The molecule has 12 nitrogen and oxygen atoms in total. The van der Waals surface area contributed by atoms with E-state index in [9.17, 15) is 14.8 Å². The Labute approximate surface area is 185 Å². The van der Waals surface area contributed by atoms with Crippen LogP contribution >= 0.6 is 7.60 Å². The van der Waals surface area contributed by atoms with E-state index in [4.69, 9.17) is 25.0 Å². The second kappa shape index (κ2) is 8.57. The summed E-state index contributed by atoms with van der Waals surface area (Å²) in [5.74, 6) is -1.98. The third kappa shape index (κ3) is 4.43. The van der Waals surface area contributed by atoms with E-state index < -0.39 is 32.1 Å². The molecule has 0 spiro atoms. The number of hydrogen-bond acceptors (Lipinski definition) is 9. The van der Waals surface area contributed by atoms with Crippen LogP contribution in [0.4, 0.5) is 5.82 Å².